The van der Waals surface area contributed by atoms with Gasteiger partial charge in [0.2, 0.25) is 0 Å². The molecular formula is C16H19ClFN3. The summed E-state index contributed by atoms with van der Waals surface area (Å²) in [5, 5.41) is 3.88. The minimum atomic E-state index is -0.328. The highest BCUT2D eigenvalue weighted by molar-refractivity contribution is 6.31. The third-order valence-corrected chi connectivity index (χ3v) is 3.59. The van der Waals surface area contributed by atoms with Gasteiger partial charge in [0.05, 0.1) is 0 Å². The molecule has 0 amide bonds. The van der Waals surface area contributed by atoms with Crippen LogP contribution in [-0.2, 0) is 6.42 Å². The average molecular weight is 308 g/mol. The number of rotatable bonds is 6. The molecule has 3 nitrogen and oxygen atoms in total. The molecule has 0 spiro atoms. The van der Waals surface area contributed by atoms with Gasteiger partial charge in [0.25, 0.3) is 0 Å². The molecule has 112 valence electrons. The summed E-state index contributed by atoms with van der Waals surface area (Å²) in [7, 11) is 0. The van der Waals surface area contributed by atoms with Crippen LogP contribution in [0.25, 0.3) is 0 Å². The summed E-state index contributed by atoms with van der Waals surface area (Å²) in [4.78, 5) is 3.99. The lowest BCUT2D eigenvalue weighted by Crippen LogP contribution is -2.24. The van der Waals surface area contributed by atoms with Crippen molar-refractivity contribution in [1.29, 1.82) is 0 Å². The molecule has 2 aromatic rings. The topological polar surface area (TPSA) is 50.9 Å². The number of pyridine rings is 1. The monoisotopic (exact) mass is 307 g/mol. The van der Waals surface area contributed by atoms with E-state index in [4.69, 9.17) is 17.3 Å². The number of hydrogen-bond donors (Lipinski definition) is 2. The van der Waals surface area contributed by atoms with Gasteiger partial charge >= 0.3 is 0 Å². The van der Waals surface area contributed by atoms with Crippen molar-refractivity contribution in [2.75, 3.05) is 12.3 Å². The fourth-order valence-corrected chi connectivity index (χ4v) is 2.55. The van der Waals surface area contributed by atoms with Crippen LogP contribution in [0.15, 0.2) is 36.5 Å². The van der Waals surface area contributed by atoms with Crippen LogP contribution < -0.4 is 11.1 Å². The molecule has 2 rings (SSSR count). The van der Waals surface area contributed by atoms with Crippen LogP contribution in [0, 0.1) is 5.82 Å². The fraction of sp³-hybridized carbons (Fsp3) is 0.312. The van der Waals surface area contributed by atoms with Gasteiger partial charge in [-0.15, -0.1) is 0 Å². The molecule has 21 heavy (non-hydrogen) atoms. The van der Waals surface area contributed by atoms with E-state index in [2.05, 4.69) is 17.2 Å². The van der Waals surface area contributed by atoms with Gasteiger partial charge in [0.1, 0.15) is 11.6 Å². The zero-order chi connectivity index (χ0) is 15.2. The zero-order valence-corrected chi connectivity index (χ0v) is 12.7. The summed E-state index contributed by atoms with van der Waals surface area (Å²) in [6, 6.07) is 8.29. The van der Waals surface area contributed by atoms with Crippen molar-refractivity contribution < 1.29 is 4.39 Å². The molecule has 1 atom stereocenters. The second-order valence-corrected chi connectivity index (χ2v) is 5.37. The Balaban J connectivity index is 2.25. The Labute approximate surface area is 129 Å². The first-order valence-electron chi connectivity index (χ1n) is 6.99. The lowest BCUT2D eigenvalue weighted by molar-refractivity contribution is 0.527. The molecule has 0 radical (unpaired) electrons. The van der Waals surface area contributed by atoms with Crippen LogP contribution in [-0.4, -0.2) is 11.5 Å². The van der Waals surface area contributed by atoms with Crippen molar-refractivity contribution in [3.63, 3.8) is 0 Å². The number of nitrogens with one attached hydrogen (secondary N) is 1. The number of nitrogens with zero attached hydrogens (tertiary/aromatic N) is 1. The van der Waals surface area contributed by atoms with Crippen LogP contribution in [0.5, 0.6) is 0 Å². The quantitative estimate of drug-likeness (QED) is 0.854. The molecule has 0 saturated carbocycles. The smallest absolute Gasteiger partial charge is 0.124 e. The van der Waals surface area contributed by atoms with E-state index in [1.165, 1.54) is 12.1 Å². The van der Waals surface area contributed by atoms with E-state index in [0.717, 1.165) is 30.5 Å². The van der Waals surface area contributed by atoms with E-state index in [9.17, 15) is 4.39 Å². The lowest BCUT2D eigenvalue weighted by atomic mass is 9.99. The van der Waals surface area contributed by atoms with Gasteiger partial charge in [-0.2, -0.15) is 0 Å². The van der Waals surface area contributed by atoms with Gasteiger partial charge in [-0.1, -0.05) is 24.6 Å². The number of aromatic nitrogens is 1. The number of hydrogen-bond acceptors (Lipinski definition) is 3. The van der Waals surface area contributed by atoms with Gasteiger partial charge < -0.3 is 11.1 Å². The molecule has 1 aromatic carbocycles. The summed E-state index contributed by atoms with van der Waals surface area (Å²) < 4.78 is 13.2. The first kappa shape index (κ1) is 15.7. The van der Waals surface area contributed by atoms with Crippen molar-refractivity contribution in [1.82, 2.24) is 10.3 Å². The largest absolute Gasteiger partial charge is 0.384 e. The van der Waals surface area contributed by atoms with Crippen molar-refractivity contribution in [3.05, 3.63) is 58.5 Å². The minimum Gasteiger partial charge on any atom is -0.384 e. The second-order valence-electron chi connectivity index (χ2n) is 4.97. The molecule has 0 aliphatic carbocycles. The Morgan fingerprint density at radius 2 is 2.14 bits per heavy atom. The SMILES string of the molecule is CCCNC(Cc1ccnc(N)c1)c1ccc(F)cc1Cl. The maximum Gasteiger partial charge on any atom is 0.124 e. The molecular weight excluding hydrogens is 289 g/mol. The maximum atomic E-state index is 13.2. The molecule has 1 unspecified atom stereocenters. The van der Waals surface area contributed by atoms with E-state index in [1.54, 1.807) is 12.3 Å². The normalized spacial score (nSPS) is 12.3. The lowest BCUT2D eigenvalue weighted by Gasteiger charge is -2.20. The van der Waals surface area contributed by atoms with Gasteiger partial charge in [0.15, 0.2) is 0 Å². The summed E-state index contributed by atoms with van der Waals surface area (Å²) in [5.41, 5.74) is 7.67. The fourth-order valence-electron chi connectivity index (χ4n) is 2.25. The maximum absolute atomic E-state index is 13.2. The Morgan fingerprint density at radius 3 is 2.81 bits per heavy atom. The molecule has 1 heterocycles. The molecule has 0 bridgehead atoms. The van der Waals surface area contributed by atoms with Gasteiger partial charge in [-0.25, -0.2) is 9.37 Å². The van der Waals surface area contributed by atoms with E-state index in [1.807, 2.05) is 12.1 Å². The van der Waals surface area contributed by atoms with Crippen molar-refractivity contribution in [3.8, 4) is 0 Å². The third kappa shape index (κ3) is 4.41. The standard InChI is InChI=1S/C16H19ClFN3/c1-2-6-20-15(8-11-5-7-21-16(19)9-11)13-4-3-12(18)10-14(13)17/h3-5,7,9-10,15,20H,2,6,8H2,1H3,(H2,19,21). The van der Waals surface area contributed by atoms with Gasteiger partial charge in [0, 0.05) is 17.3 Å². The summed E-state index contributed by atoms with van der Waals surface area (Å²) in [6.07, 6.45) is 3.42. The van der Waals surface area contributed by atoms with Crippen LogP contribution in [0.4, 0.5) is 10.2 Å². The average Bonchev–Trinajstić information content (AvgIpc) is 2.44. The predicted octanol–water partition coefficient (Wildman–Crippen LogP) is 3.74. The Hall–Kier alpha value is -1.65. The summed E-state index contributed by atoms with van der Waals surface area (Å²) >= 11 is 6.18. The number of nitrogen functional groups attached to an aromatic ring is 1. The van der Waals surface area contributed by atoms with Crippen LogP contribution in [0.1, 0.15) is 30.5 Å². The highest BCUT2D eigenvalue weighted by Crippen LogP contribution is 2.27. The molecule has 0 aliphatic rings. The van der Waals surface area contributed by atoms with Crippen molar-refractivity contribution in [2.24, 2.45) is 0 Å². The number of anilines is 1. The zero-order valence-electron chi connectivity index (χ0n) is 11.9. The third-order valence-electron chi connectivity index (χ3n) is 3.26. The first-order chi connectivity index (χ1) is 10.1. The van der Waals surface area contributed by atoms with Gasteiger partial charge in [-0.05, 0) is 54.8 Å². The molecule has 0 aliphatic heterocycles. The number of benzene rings is 1. The first-order valence-corrected chi connectivity index (χ1v) is 7.36. The number of nitrogens with two attached hydrogens (primary N) is 1. The van der Waals surface area contributed by atoms with Crippen LogP contribution in [0.2, 0.25) is 5.02 Å². The Kier molecular flexibility index (Phi) is 5.53. The van der Waals surface area contributed by atoms with E-state index < -0.39 is 0 Å². The second kappa shape index (κ2) is 7.38. The molecule has 5 heteroatoms. The molecule has 3 N–H and O–H groups in total. The number of halogens is 2. The van der Waals surface area contributed by atoms with Gasteiger partial charge in [-0.3, -0.25) is 0 Å². The van der Waals surface area contributed by atoms with E-state index in [-0.39, 0.29) is 11.9 Å². The van der Waals surface area contributed by atoms with Crippen LogP contribution >= 0.6 is 11.6 Å². The minimum absolute atomic E-state index is 0.0137. The van der Waals surface area contributed by atoms with E-state index in [0.29, 0.717) is 10.8 Å². The summed E-state index contributed by atoms with van der Waals surface area (Å²) in [5.74, 6) is 0.165. The highest BCUT2D eigenvalue weighted by Gasteiger charge is 2.15. The molecule has 1 aromatic heterocycles. The van der Waals surface area contributed by atoms with Crippen LogP contribution in [0.3, 0.4) is 0 Å². The predicted molar refractivity (Wildman–Crippen MR) is 84.8 cm³/mol. The Bertz CT molecular complexity index is 604. The van der Waals surface area contributed by atoms with E-state index >= 15 is 0 Å². The molecule has 0 saturated heterocycles. The summed E-state index contributed by atoms with van der Waals surface area (Å²) in [6.45, 7) is 2.96. The van der Waals surface area contributed by atoms with Crippen molar-refractivity contribution in [2.45, 2.75) is 25.8 Å². The molecule has 0 fully saturated rings. The Morgan fingerprint density at radius 1 is 1.33 bits per heavy atom. The van der Waals surface area contributed by atoms with Crippen molar-refractivity contribution >= 4 is 17.4 Å². The highest BCUT2D eigenvalue weighted by atomic mass is 35.5.